The molecule has 1 N–H and O–H groups in total. The fraction of sp³-hybridized carbons (Fsp3) is 0.625. The SMILES string of the molecule is CCc1ccc(C(O)CN2CCN(CC)CC2)cc1. The molecule has 0 aliphatic carbocycles. The molecule has 0 amide bonds. The Morgan fingerprint density at radius 1 is 1.00 bits per heavy atom. The van der Waals surface area contributed by atoms with Crippen LogP contribution in [0.1, 0.15) is 31.1 Å². The van der Waals surface area contributed by atoms with Crippen LogP contribution in [0, 0.1) is 0 Å². The molecule has 1 aliphatic heterocycles. The topological polar surface area (TPSA) is 26.7 Å². The van der Waals surface area contributed by atoms with Crippen molar-refractivity contribution in [2.45, 2.75) is 26.4 Å². The summed E-state index contributed by atoms with van der Waals surface area (Å²) in [7, 11) is 0. The molecule has 3 heteroatoms. The van der Waals surface area contributed by atoms with Gasteiger partial charge in [-0.15, -0.1) is 0 Å². The quantitative estimate of drug-likeness (QED) is 0.878. The Kier molecular flexibility index (Phi) is 5.37. The number of likely N-dealkylation sites (N-methyl/N-ethyl adjacent to an activating group) is 1. The van der Waals surface area contributed by atoms with E-state index < -0.39 is 0 Å². The molecule has 0 bridgehead atoms. The lowest BCUT2D eigenvalue weighted by Gasteiger charge is -2.35. The monoisotopic (exact) mass is 262 g/mol. The summed E-state index contributed by atoms with van der Waals surface area (Å²) < 4.78 is 0. The van der Waals surface area contributed by atoms with Crippen molar-refractivity contribution in [3.05, 3.63) is 35.4 Å². The second-order valence-electron chi connectivity index (χ2n) is 5.35. The van der Waals surface area contributed by atoms with Gasteiger partial charge in [-0.1, -0.05) is 38.1 Å². The number of hydrogen-bond acceptors (Lipinski definition) is 3. The third-order valence-electron chi connectivity index (χ3n) is 4.12. The normalized spacial score (nSPS) is 19.5. The lowest BCUT2D eigenvalue weighted by atomic mass is 10.1. The van der Waals surface area contributed by atoms with Gasteiger partial charge < -0.3 is 10.0 Å². The fourth-order valence-corrected chi connectivity index (χ4v) is 2.61. The molecule has 0 radical (unpaired) electrons. The minimum atomic E-state index is -0.362. The van der Waals surface area contributed by atoms with Crippen LogP contribution in [0.2, 0.25) is 0 Å². The van der Waals surface area contributed by atoms with Gasteiger partial charge in [-0.05, 0) is 24.1 Å². The summed E-state index contributed by atoms with van der Waals surface area (Å²) in [4.78, 5) is 4.82. The van der Waals surface area contributed by atoms with Gasteiger partial charge in [0.05, 0.1) is 6.10 Å². The number of aryl methyl sites for hydroxylation is 1. The van der Waals surface area contributed by atoms with Gasteiger partial charge in [0.15, 0.2) is 0 Å². The van der Waals surface area contributed by atoms with Crippen LogP contribution in [0.3, 0.4) is 0 Å². The van der Waals surface area contributed by atoms with Gasteiger partial charge in [-0.3, -0.25) is 4.90 Å². The molecule has 1 saturated heterocycles. The first-order chi connectivity index (χ1) is 9.22. The number of aliphatic hydroxyl groups is 1. The maximum Gasteiger partial charge on any atom is 0.0916 e. The third-order valence-corrected chi connectivity index (χ3v) is 4.12. The van der Waals surface area contributed by atoms with E-state index in [0.29, 0.717) is 0 Å². The Hall–Kier alpha value is -0.900. The van der Waals surface area contributed by atoms with Crippen LogP contribution in [0.25, 0.3) is 0 Å². The highest BCUT2D eigenvalue weighted by atomic mass is 16.3. The van der Waals surface area contributed by atoms with Crippen molar-refractivity contribution in [3.8, 4) is 0 Å². The molecule has 0 aromatic heterocycles. The van der Waals surface area contributed by atoms with Gasteiger partial charge >= 0.3 is 0 Å². The lowest BCUT2D eigenvalue weighted by molar-refractivity contribution is 0.0744. The maximum atomic E-state index is 10.3. The van der Waals surface area contributed by atoms with Crippen molar-refractivity contribution in [2.24, 2.45) is 0 Å². The fourth-order valence-electron chi connectivity index (χ4n) is 2.61. The Labute approximate surface area is 116 Å². The van der Waals surface area contributed by atoms with Crippen LogP contribution >= 0.6 is 0 Å². The van der Waals surface area contributed by atoms with Gasteiger partial charge in [0, 0.05) is 32.7 Å². The molecule has 19 heavy (non-hydrogen) atoms. The second kappa shape index (κ2) is 7.04. The first-order valence-electron chi connectivity index (χ1n) is 7.44. The molecule has 1 unspecified atom stereocenters. The minimum Gasteiger partial charge on any atom is -0.387 e. The van der Waals surface area contributed by atoms with Crippen molar-refractivity contribution in [2.75, 3.05) is 39.3 Å². The van der Waals surface area contributed by atoms with E-state index in [1.807, 2.05) is 0 Å². The maximum absolute atomic E-state index is 10.3. The van der Waals surface area contributed by atoms with Crippen LogP contribution in [-0.4, -0.2) is 54.2 Å². The third kappa shape index (κ3) is 4.03. The van der Waals surface area contributed by atoms with Crippen LogP contribution in [-0.2, 0) is 6.42 Å². The number of piperazine rings is 1. The van der Waals surface area contributed by atoms with Gasteiger partial charge in [0.25, 0.3) is 0 Å². The average molecular weight is 262 g/mol. The van der Waals surface area contributed by atoms with Crippen LogP contribution in [0.4, 0.5) is 0 Å². The molecule has 1 fully saturated rings. The first kappa shape index (κ1) is 14.5. The van der Waals surface area contributed by atoms with Gasteiger partial charge in [-0.25, -0.2) is 0 Å². The largest absolute Gasteiger partial charge is 0.387 e. The van der Waals surface area contributed by atoms with E-state index >= 15 is 0 Å². The Balaban J connectivity index is 1.85. The summed E-state index contributed by atoms with van der Waals surface area (Å²) in [6.45, 7) is 10.6. The molecular weight excluding hydrogens is 236 g/mol. The number of nitrogens with zero attached hydrogens (tertiary/aromatic N) is 2. The van der Waals surface area contributed by atoms with Crippen LogP contribution < -0.4 is 0 Å². The zero-order chi connectivity index (χ0) is 13.7. The number of benzene rings is 1. The predicted octanol–water partition coefficient (Wildman–Crippen LogP) is 1.92. The summed E-state index contributed by atoms with van der Waals surface area (Å²) >= 11 is 0. The molecule has 1 aromatic rings. The molecular formula is C16H26N2O. The molecule has 0 saturated carbocycles. The van der Waals surface area contributed by atoms with E-state index in [9.17, 15) is 5.11 Å². The standard InChI is InChI=1S/C16H26N2O/c1-3-14-5-7-15(8-6-14)16(19)13-18-11-9-17(4-2)10-12-18/h5-8,16,19H,3-4,9-13H2,1-2H3. The molecule has 0 spiro atoms. The predicted molar refractivity (Wildman–Crippen MR) is 79.3 cm³/mol. The van der Waals surface area contributed by atoms with Crippen LogP contribution in [0.5, 0.6) is 0 Å². The summed E-state index contributed by atoms with van der Waals surface area (Å²) in [6.07, 6.45) is 0.689. The molecule has 1 aromatic carbocycles. The molecule has 1 heterocycles. The molecule has 1 aliphatic rings. The second-order valence-corrected chi connectivity index (χ2v) is 5.35. The smallest absolute Gasteiger partial charge is 0.0916 e. The molecule has 106 valence electrons. The van der Waals surface area contributed by atoms with Gasteiger partial charge in [-0.2, -0.15) is 0 Å². The lowest BCUT2D eigenvalue weighted by Crippen LogP contribution is -2.47. The molecule has 2 rings (SSSR count). The van der Waals surface area contributed by atoms with Gasteiger partial charge in [0.1, 0.15) is 0 Å². The summed E-state index contributed by atoms with van der Waals surface area (Å²) in [5.41, 5.74) is 2.36. The zero-order valence-electron chi connectivity index (χ0n) is 12.2. The Bertz CT molecular complexity index is 369. The van der Waals surface area contributed by atoms with Crippen LogP contribution in [0.15, 0.2) is 24.3 Å². The van der Waals surface area contributed by atoms with E-state index in [0.717, 1.165) is 51.3 Å². The van der Waals surface area contributed by atoms with E-state index in [1.165, 1.54) is 5.56 Å². The van der Waals surface area contributed by atoms with Crippen molar-refractivity contribution in [3.63, 3.8) is 0 Å². The Morgan fingerprint density at radius 3 is 2.11 bits per heavy atom. The van der Waals surface area contributed by atoms with Crippen molar-refractivity contribution in [1.82, 2.24) is 9.80 Å². The van der Waals surface area contributed by atoms with Gasteiger partial charge in [0.2, 0.25) is 0 Å². The van der Waals surface area contributed by atoms with E-state index in [2.05, 4.69) is 47.9 Å². The highest BCUT2D eigenvalue weighted by Gasteiger charge is 2.18. The Morgan fingerprint density at radius 2 is 1.58 bits per heavy atom. The summed E-state index contributed by atoms with van der Waals surface area (Å²) in [6, 6.07) is 8.36. The molecule has 1 atom stereocenters. The average Bonchev–Trinajstić information content (AvgIpc) is 2.48. The highest BCUT2D eigenvalue weighted by Crippen LogP contribution is 2.16. The highest BCUT2D eigenvalue weighted by molar-refractivity contribution is 5.24. The number of rotatable bonds is 5. The van der Waals surface area contributed by atoms with E-state index in [4.69, 9.17) is 0 Å². The number of β-amino-alcohol motifs (C(OH)–C–C–N with tert-alkyl or cyclic N) is 1. The van der Waals surface area contributed by atoms with E-state index in [1.54, 1.807) is 0 Å². The van der Waals surface area contributed by atoms with Crippen molar-refractivity contribution < 1.29 is 5.11 Å². The van der Waals surface area contributed by atoms with Crippen molar-refractivity contribution in [1.29, 1.82) is 0 Å². The number of aliphatic hydroxyl groups excluding tert-OH is 1. The summed E-state index contributed by atoms with van der Waals surface area (Å²) in [5, 5.41) is 10.3. The summed E-state index contributed by atoms with van der Waals surface area (Å²) in [5.74, 6) is 0. The van der Waals surface area contributed by atoms with Crippen molar-refractivity contribution >= 4 is 0 Å². The van der Waals surface area contributed by atoms with E-state index in [-0.39, 0.29) is 6.10 Å². The first-order valence-corrected chi connectivity index (χ1v) is 7.44. The number of hydrogen-bond donors (Lipinski definition) is 1. The molecule has 3 nitrogen and oxygen atoms in total. The zero-order valence-corrected chi connectivity index (χ0v) is 12.2. The minimum absolute atomic E-state index is 0.362.